The Labute approximate surface area is 148 Å². The van der Waals surface area contributed by atoms with Crippen molar-refractivity contribution >= 4 is 16.7 Å². The van der Waals surface area contributed by atoms with Gasteiger partial charge in [-0.2, -0.15) is 0 Å². The highest BCUT2D eigenvalue weighted by molar-refractivity contribution is 5.82. The lowest BCUT2D eigenvalue weighted by Crippen LogP contribution is -2.10. The highest BCUT2D eigenvalue weighted by atomic mass is 16.5. The molecule has 8 heteroatoms. The van der Waals surface area contributed by atoms with Crippen molar-refractivity contribution in [2.24, 2.45) is 0 Å². The fraction of sp³-hybridized carbons (Fsp3) is 0.167. The lowest BCUT2D eigenvalue weighted by Gasteiger charge is -2.13. The van der Waals surface area contributed by atoms with Crippen molar-refractivity contribution in [1.82, 2.24) is 19.6 Å². The molecule has 132 valence electrons. The number of rotatable bonds is 4. The molecule has 0 saturated heterocycles. The van der Waals surface area contributed by atoms with Crippen molar-refractivity contribution in [3.63, 3.8) is 0 Å². The second-order valence-electron chi connectivity index (χ2n) is 5.57. The van der Waals surface area contributed by atoms with Crippen molar-refractivity contribution in [3.8, 4) is 28.6 Å². The van der Waals surface area contributed by atoms with Gasteiger partial charge in [-0.05, 0) is 24.3 Å². The predicted molar refractivity (Wildman–Crippen MR) is 96.2 cm³/mol. The SMILES string of the molecule is COc1cc(-c2nnc3[nH]c(=O)c4ccccc4n23)cc(OC)c1OC. The highest BCUT2D eigenvalue weighted by Crippen LogP contribution is 2.41. The number of para-hydroxylation sites is 1. The number of fused-ring (bicyclic) bond motifs is 3. The molecule has 0 aliphatic heterocycles. The summed E-state index contributed by atoms with van der Waals surface area (Å²) in [4.78, 5) is 15.0. The summed E-state index contributed by atoms with van der Waals surface area (Å²) in [5.41, 5.74) is 1.21. The molecule has 0 spiro atoms. The average molecular weight is 352 g/mol. The van der Waals surface area contributed by atoms with E-state index in [0.717, 1.165) is 0 Å². The summed E-state index contributed by atoms with van der Waals surface area (Å²) in [5.74, 6) is 2.41. The molecule has 2 heterocycles. The van der Waals surface area contributed by atoms with Gasteiger partial charge in [-0.15, -0.1) is 10.2 Å². The molecule has 0 aliphatic rings. The average Bonchev–Trinajstić information content (AvgIpc) is 3.10. The molecule has 0 atom stereocenters. The number of nitrogens with zero attached hydrogens (tertiary/aromatic N) is 3. The summed E-state index contributed by atoms with van der Waals surface area (Å²) in [6, 6.07) is 10.9. The van der Waals surface area contributed by atoms with Gasteiger partial charge in [0.1, 0.15) is 0 Å². The van der Waals surface area contributed by atoms with E-state index in [0.29, 0.717) is 45.3 Å². The number of aromatic nitrogens is 4. The molecule has 4 aromatic rings. The first-order valence-corrected chi connectivity index (χ1v) is 7.84. The first kappa shape index (κ1) is 15.9. The summed E-state index contributed by atoms with van der Waals surface area (Å²) < 4.78 is 18.0. The van der Waals surface area contributed by atoms with Gasteiger partial charge in [-0.1, -0.05) is 12.1 Å². The van der Waals surface area contributed by atoms with Crippen LogP contribution in [0.5, 0.6) is 17.2 Å². The van der Waals surface area contributed by atoms with E-state index in [1.54, 1.807) is 43.9 Å². The molecule has 4 rings (SSSR count). The van der Waals surface area contributed by atoms with Crippen molar-refractivity contribution in [3.05, 3.63) is 46.8 Å². The highest BCUT2D eigenvalue weighted by Gasteiger charge is 2.19. The van der Waals surface area contributed by atoms with E-state index < -0.39 is 0 Å². The molecule has 2 aromatic heterocycles. The Balaban J connectivity index is 2.07. The van der Waals surface area contributed by atoms with Gasteiger partial charge in [0, 0.05) is 5.56 Å². The number of aromatic amines is 1. The van der Waals surface area contributed by atoms with Crippen LogP contribution in [-0.4, -0.2) is 40.9 Å². The van der Waals surface area contributed by atoms with E-state index in [1.165, 1.54) is 0 Å². The second kappa shape index (κ2) is 6.07. The quantitative estimate of drug-likeness (QED) is 0.606. The van der Waals surface area contributed by atoms with Crippen molar-refractivity contribution < 1.29 is 14.2 Å². The lowest BCUT2D eigenvalue weighted by molar-refractivity contribution is 0.324. The predicted octanol–water partition coefficient (Wildman–Crippen LogP) is 2.26. The maximum absolute atomic E-state index is 12.2. The van der Waals surface area contributed by atoms with Crippen LogP contribution in [0, 0.1) is 0 Å². The number of hydrogen-bond acceptors (Lipinski definition) is 6. The topological polar surface area (TPSA) is 90.7 Å². The fourth-order valence-electron chi connectivity index (χ4n) is 3.02. The minimum absolute atomic E-state index is 0.211. The van der Waals surface area contributed by atoms with E-state index >= 15 is 0 Å². The molecule has 26 heavy (non-hydrogen) atoms. The van der Waals surface area contributed by atoms with Crippen LogP contribution in [0.1, 0.15) is 0 Å². The van der Waals surface area contributed by atoms with Crippen LogP contribution in [0.4, 0.5) is 0 Å². The standard InChI is InChI=1S/C18H16N4O4/c1-24-13-8-10(9-14(25-2)15(13)26-3)16-20-21-18-19-17(23)11-6-4-5-7-12(11)22(16)18/h4-9H,1-3H3,(H,19,21,23). The Hall–Kier alpha value is -3.55. The number of benzene rings is 2. The van der Waals surface area contributed by atoms with Crippen molar-refractivity contribution in [2.45, 2.75) is 0 Å². The van der Waals surface area contributed by atoms with Crippen LogP contribution in [0.2, 0.25) is 0 Å². The van der Waals surface area contributed by atoms with E-state index in [-0.39, 0.29) is 5.56 Å². The smallest absolute Gasteiger partial charge is 0.260 e. The molecule has 0 fully saturated rings. The van der Waals surface area contributed by atoms with Crippen molar-refractivity contribution in [2.75, 3.05) is 21.3 Å². The Morgan fingerprint density at radius 1 is 0.962 bits per heavy atom. The molecular weight excluding hydrogens is 336 g/mol. The van der Waals surface area contributed by atoms with Gasteiger partial charge >= 0.3 is 0 Å². The van der Waals surface area contributed by atoms with E-state index in [1.807, 2.05) is 18.2 Å². The first-order valence-electron chi connectivity index (χ1n) is 7.84. The van der Waals surface area contributed by atoms with Gasteiger partial charge in [0.25, 0.3) is 5.56 Å². The monoisotopic (exact) mass is 352 g/mol. The summed E-state index contributed by atoms with van der Waals surface area (Å²) >= 11 is 0. The minimum Gasteiger partial charge on any atom is -0.493 e. The molecule has 0 amide bonds. The normalized spacial score (nSPS) is 11.0. The molecule has 0 aliphatic carbocycles. The van der Waals surface area contributed by atoms with Crippen LogP contribution in [0.15, 0.2) is 41.2 Å². The number of hydrogen-bond donors (Lipinski definition) is 1. The molecule has 0 unspecified atom stereocenters. The molecule has 0 bridgehead atoms. The van der Waals surface area contributed by atoms with E-state index in [4.69, 9.17) is 14.2 Å². The van der Waals surface area contributed by atoms with Crippen LogP contribution in [-0.2, 0) is 0 Å². The maximum atomic E-state index is 12.2. The number of H-pyrrole nitrogens is 1. The third kappa shape index (κ3) is 2.26. The zero-order valence-corrected chi connectivity index (χ0v) is 14.4. The van der Waals surface area contributed by atoms with E-state index in [2.05, 4.69) is 15.2 Å². The van der Waals surface area contributed by atoms with Crippen LogP contribution < -0.4 is 19.8 Å². The molecule has 2 aromatic carbocycles. The lowest BCUT2D eigenvalue weighted by atomic mass is 10.1. The van der Waals surface area contributed by atoms with Gasteiger partial charge in [-0.3, -0.25) is 14.2 Å². The van der Waals surface area contributed by atoms with Crippen LogP contribution >= 0.6 is 0 Å². The summed E-state index contributed by atoms with van der Waals surface area (Å²) in [5, 5.41) is 8.91. The molecule has 8 nitrogen and oxygen atoms in total. The van der Waals surface area contributed by atoms with Crippen LogP contribution in [0.3, 0.4) is 0 Å². The number of methoxy groups -OCH3 is 3. The molecule has 1 N–H and O–H groups in total. The Bertz CT molecular complexity index is 1150. The zero-order valence-electron chi connectivity index (χ0n) is 14.4. The minimum atomic E-state index is -0.211. The van der Waals surface area contributed by atoms with Gasteiger partial charge in [-0.25, -0.2) is 0 Å². The Morgan fingerprint density at radius 2 is 1.65 bits per heavy atom. The van der Waals surface area contributed by atoms with E-state index in [9.17, 15) is 4.79 Å². The Kier molecular flexibility index (Phi) is 3.72. The third-order valence-electron chi connectivity index (χ3n) is 4.20. The number of nitrogens with one attached hydrogen (secondary N) is 1. The van der Waals surface area contributed by atoms with Gasteiger partial charge < -0.3 is 14.2 Å². The Morgan fingerprint density at radius 3 is 2.31 bits per heavy atom. The van der Waals surface area contributed by atoms with Crippen LogP contribution in [0.25, 0.3) is 28.1 Å². The molecule has 0 saturated carbocycles. The van der Waals surface area contributed by atoms with Crippen molar-refractivity contribution in [1.29, 1.82) is 0 Å². The second-order valence-corrected chi connectivity index (χ2v) is 5.57. The zero-order chi connectivity index (χ0) is 18.3. The van der Waals surface area contributed by atoms with Gasteiger partial charge in [0.15, 0.2) is 17.3 Å². The summed E-state index contributed by atoms with van der Waals surface area (Å²) in [6.45, 7) is 0. The number of ether oxygens (including phenoxy) is 3. The largest absolute Gasteiger partial charge is 0.493 e. The summed E-state index contributed by atoms with van der Waals surface area (Å²) in [7, 11) is 4.65. The molecule has 0 radical (unpaired) electrons. The summed E-state index contributed by atoms with van der Waals surface area (Å²) in [6.07, 6.45) is 0. The first-order chi connectivity index (χ1) is 12.7. The van der Waals surface area contributed by atoms with Gasteiger partial charge in [0.2, 0.25) is 11.5 Å². The maximum Gasteiger partial charge on any atom is 0.260 e. The third-order valence-corrected chi connectivity index (χ3v) is 4.20. The molecular formula is C18H16N4O4. The fourth-order valence-corrected chi connectivity index (χ4v) is 3.02. The van der Waals surface area contributed by atoms with Gasteiger partial charge in [0.05, 0.1) is 32.2 Å².